The van der Waals surface area contributed by atoms with Crippen molar-refractivity contribution in [3.63, 3.8) is 0 Å². The molecule has 1 aliphatic rings. The molecular formula is C17H20NOPS. The molecule has 1 atom stereocenters. The van der Waals surface area contributed by atoms with Crippen LogP contribution in [0.3, 0.4) is 0 Å². The van der Waals surface area contributed by atoms with Crippen LogP contribution in [0.4, 0.5) is 0 Å². The van der Waals surface area contributed by atoms with Crippen LogP contribution in [-0.2, 0) is 4.57 Å². The second kappa shape index (κ2) is 5.64. The van der Waals surface area contributed by atoms with E-state index in [4.69, 9.17) is 0 Å². The van der Waals surface area contributed by atoms with Crippen molar-refractivity contribution in [3.05, 3.63) is 60.7 Å². The first-order valence-corrected chi connectivity index (χ1v) is 9.91. The molecule has 0 bridgehead atoms. The lowest BCUT2D eigenvalue weighted by atomic mass is 10.4. The molecule has 1 fully saturated rings. The fourth-order valence-electron chi connectivity index (χ4n) is 2.78. The molecule has 2 nitrogen and oxygen atoms in total. The molecule has 0 unspecified atom stereocenters. The van der Waals surface area contributed by atoms with Crippen molar-refractivity contribution in [2.24, 2.45) is 0 Å². The van der Waals surface area contributed by atoms with Crippen molar-refractivity contribution in [1.29, 1.82) is 0 Å². The molecule has 0 saturated carbocycles. The van der Waals surface area contributed by atoms with Gasteiger partial charge in [-0.2, -0.15) is 0 Å². The normalized spacial score (nSPS) is 21.3. The summed E-state index contributed by atoms with van der Waals surface area (Å²) in [5.74, 6) is 0.857. The Morgan fingerprint density at radius 1 is 1.00 bits per heavy atom. The molecular weight excluding hydrogens is 297 g/mol. The van der Waals surface area contributed by atoms with Gasteiger partial charge in [-0.25, -0.2) is 0 Å². The van der Waals surface area contributed by atoms with Gasteiger partial charge in [0.1, 0.15) is 0 Å². The van der Waals surface area contributed by atoms with Crippen molar-refractivity contribution >= 4 is 29.5 Å². The zero-order valence-electron chi connectivity index (χ0n) is 12.3. The second-order valence-corrected chi connectivity index (χ2v) is 10.4. The van der Waals surface area contributed by atoms with E-state index >= 15 is 0 Å². The molecule has 0 aliphatic carbocycles. The van der Waals surface area contributed by atoms with E-state index in [9.17, 15) is 4.57 Å². The van der Waals surface area contributed by atoms with Gasteiger partial charge in [-0.05, 0) is 13.8 Å². The third-order valence-electron chi connectivity index (χ3n) is 3.83. The first kappa shape index (κ1) is 14.9. The molecule has 1 saturated heterocycles. The third kappa shape index (κ3) is 2.83. The Hall–Kier alpha value is -1.02. The van der Waals surface area contributed by atoms with Gasteiger partial charge in [-0.15, -0.1) is 11.8 Å². The smallest absolute Gasteiger partial charge is 0.160 e. The van der Waals surface area contributed by atoms with Gasteiger partial charge >= 0.3 is 0 Å². The van der Waals surface area contributed by atoms with E-state index in [0.717, 1.165) is 16.4 Å². The summed E-state index contributed by atoms with van der Waals surface area (Å²) in [6, 6.07) is 19.8. The summed E-state index contributed by atoms with van der Waals surface area (Å²) in [7, 11) is -2.68. The van der Waals surface area contributed by atoms with E-state index in [0.29, 0.717) is 0 Å². The molecule has 2 aromatic rings. The van der Waals surface area contributed by atoms with Crippen LogP contribution in [0, 0.1) is 0 Å². The van der Waals surface area contributed by atoms with Crippen LogP contribution in [0.5, 0.6) is 0 Å². The van der Waals surface area contributed by atoms with Crippen LogP contribution in [-0.4, -0.2) is 16.4 Å². The summed E-state index contributed by atoms with van der Waals surface area (Å²) in [6.07, 6.45) is 0. The minimum absolute atomic E-state index is 0.0118. The molecule has 0 spiro atoms. The Morgan fingerprint density at radius 2 is 1.48 bits per heavy atom. The maximum Gasteiger partial charge on any atom is 0.160 e. The van der Waals surface area contributed by atoms with Crippen LogP contribution in [0.1, 0.15) is 13.8 Å². The highest BCUT2D eigenvalue weighted by Crippen LogP contribution is 2.52. The molecule has 4 heteroatoms. The average Bonchev–Trinajstić information content (AvgIpc) is 2.89. The Labute approximate surface area is 130 Å². The van der Waals surface area contributed by atoms with Gasteiger partial charge < -0.3 is 4.57 Å². The van der Waals surface area contributed by atoms with Gasteiger partial charge in [0.15, 0.2) is 7.14 Å². The zero-order chi connectivity index (χ0) is 14.9. The highest BCUT2D eigenvalue weighted by Gasteiger charge is 2.43. The summed E-state index contributed by atoms with van der Waals surface area (Å²) in [5.41, 5.74) is 0. The van der Waals surface area contributed by atoms with Crippen LogP contribution in [0.25, 0.3) is 0 Å². The van der Waals surface area contributed by atoms with Gasteiger partial charge in [-0.3, -0.25) is 5.32 Å². The van der Waals surface area contributed by atoms with Crippen molar-refractivity contribution < 1.29 is 4.57 Å². The summed E-state index contributed by atoms with van der Waals surface area (Å²) in [6.45, 7) is 4.30. The molecule has 3 rings (SSSR count). The molecule has 0 amide bonds. The Balaban J connectivity index is 2.11. The number of rotatable bonds is 3. The van der Waals surface area contributed by atoms with Gasteiger partial charge in [0.25, 0.3) is 0 Å². The summed E-state index contributed by atoms with van der Waals surface area (Å²) >= 11 is 1.84. The monoisotopic (exact) mass is 317 g/mol. The Bertz CT molecular complexity index is 614. The molecule has 1 aliphatic heterocycles. The van der Waals surface area contributed by atoms with Gasteiger partial charge in [0, 0.05) is 16.4 Å². The number of hydrogen-bond acceptors (Lipinski definition) is 3. The lowest BCUT2D eigenvalue weighted by Gasteiger charge is -2.27. The van der Waals surface area contributed by atoms with Crippen LogP contribution in [0.2, 0.25) is 0 Å². The highest BCUT2D eigenvalue weighted by atomic mass is 32.2. The van der Waals surface area contributed by atoms with E-state index < -0.39 is 7.14 Å². The second-order valence-electron chi connectivity index (χ2n) is 5.81. The topological polar surface area (TPSA) is 29.1 Å². The SMILES string of the molecule is CC1(C)N[C@@H](P(=O)(c2ccccc2)c2ccccc2)CS1. The molecule has 2 aromatic carbocycles. The third-order valence-corrected chi connectivity index (χ3v) is 8.74. The molecule has 0 aromatic heterocycles. The van der Waals surface area contributed by atoms with Gasteiger partial charge in [0.2, 0.25) is 0 Å². The summed E-state index contributed by atoms with van der Waals surface area (Å²) in [5, 5.41) is 5.44. The van der Waals surface area contributed by atoms with Crippen molar-refractivity contribution in [3.8, 4) is 0 Å². The summed E-state index contributed by atoms with van der Waals surface area (Å²) in [4.78, 5) is -0.0239. The van der Waals surface area contributed by atoms with E-state index in [1.807, 2.05) is 72.4 Å². The lowest BCUT2D eigenvalue weighted by Crippen LogP contribution is -2.40. The first-order valence-electron chi connectivity index (χ1n) is 7.15. The highest BCUT2D eigenvalue weighted by molar-refractivity contribution is 8.01. The van der Waals surface area contributed by atoms with E-state index in [2.05, 4.69) is 19.2 Å². The van der Waals surface area contributed by atoms with Crippen molar-refractivity contribution in [1.82, 2.24) is 5.32 Å². The Kier molecular flexibility index (Phi) is 4.00. The summed E-state index contributed by atoms with van der Waals surface area (Å²) < 4.78 is 14.0. The molecule has 21 heavy (non-hydrogen) atoms. The average molecular weight is 317 g/mol. The van der Waals surface area contributed by atoms with Crippen molar-refractivity contribution in [2.75, 3.05) is 5.75 Å². The van der Waals surface area contributed by atoms with Gasteiger partial charge in [-0.1, -0.05) is 60.7 Å². The first-order chi connectivity index (χ1) is 10.0. The van der Waals surface area contributed by atoms with E-state index in [1.54, 1.807) is 0 Å². The van der Waals surface area contributed by atoms with Crippen LogP contribution < -0.4 is 15.9 Å². The number of hydrogen-bond donors (Lipinski definition) is 1. The molecule has 110 valence electrons. The van der Waals surface area contributed by atoms with Gasteiger partial charge in [0.05, 0.1) is 10.7 Å². The number of nitrogens with one attached hydrogen (secondary N) is 1. The van der Waals surface area contributed by atoms with E-state index in [1.165, 1.54) is 0 Å². The maximum absolute atomic E-state index is 14.0. The minimum Gasteiger partial charge on any atom is -0.312 e. The lowest BCUT2D eigenvalue weighted by molar-refractivity contribution is 0.534. The molecule has 1 heterocycles. The quantitative estimate of drug-likeness (QED) is 0.880. The largest absolute Gasteiger partial charge is 0.312 e. The predicted octanol–water partition coefficient (Wildman–Crippen LogP) is 3.40. The Morgan fingerprint density at radius 3 is 1.86 bits per heavy atom. The number of benzene rings is 2. The minimum atomic E-state index is -2.68. The number of thioether (sulfide) groups is 1. The fourth-order valence-corrected chi connectivity index (χ4v) is 7.56. The zero-order valence-corrected chi connectivity index (χ0v) is 14.0. The fraction of sp³-hybridized carbons (Fsp3) is 0.294. The van der Waals surface area contributed by atoms with Crippen molar-refractivity contribution in [2.45, 2.75) is 24.5 Å². The maximum atomic E-state index is 14.0. The van der Waals surface area contributed by atoms with Crippen LogP contribution in [0.15, 0.2) is 60.7 Å². The van der Waals surface area contributed by atoms with E-state index in [-0.39, 0.29) is 10.7 Å². The molecule has 0 radical (unpaired) electrons. The predicted molar refractivity (Wildman–Crippen MR) is 93.2 cm³/mol. The van der Waals surface area contributed by atoms with Crippen LogP contribution >= 0.6 is 18.9 Å². The molecule has 1 N–H and O–H groups in total. The standard InChI is InChI=1S/C17H20NOPS/c1-17(2)18-16(13-21-17)20(19,14-9-5-3-6-10-14)15-11-7-4-8-12-15/h3-12,16,18H,13H2,1-2H3/t16-/m0/s1.